The summed E-state index contributed by atoms with van der Waals surface area (Å²) in [6.45, 7) is 0.927. The van der Waals surface area contributed by atoms with Crippen LogP contribution in [-0.2, 0) is 14.3 Å². The predicted molar refractivity (Wildman–Crippen MR) is 88.7 cm³/mol. The molecule has 0 amide bonds. The maximum Gasteiger partial charge on any atom is 0.195 e. The molecule has 9 atom stereocenters. The molecule has 140 valence electrons. The first-order valence-electron chi connectivity index (χ1n) is 9.73. The molecule has 2 bridgehead atoms. The maximum atomic E-state index is 13.2. The van der Waals surface area contributed by atoms with Crippen molar-refractivity contribution >= 4 is 5.78 Å². The zero-order chi connectivity index (χ0) is 17.6. The number of methoxy groups -OCH3 is 1. The van der Waals surface area contributed by atoms with Crippen LogP contribution < -0.4 is 0 Å². The molecule has 25 heavy (non-hydrogen) atoms. The smallest absolute Gasteiger partial charge is 0.195 e. The summed E-state index contributed by atoms with van der Waals surface area (Å²) in [4.78, 5) is 15.4. The number of rotatable bonds is 1. The summed E-state index contributed by atoms with van der Waals surface area (Å²) < 4.78 is 12.0. The van der Waals surface area contributed by atoms with E-state index in [1.165, 1.54) is 0 Å². The van der Waals surface area contributed by atoms with Gasteiger partial charge in [-0.3, -0.25) is 9.69 Å². The Morgan fingerprint density at radius 1 is 1.32 bits per heavy atom. The summed E-state index contributed by atoms with van der Waals surface area (Å²) in [5.41, 5.74) is -0.200. The lowest BCUT2D eigenvalue weighted by Crippen LogP contribution is -2.74. The van der Waals surface area contributed by atoms with Gasteiger partial charge in [-0.2, -0.15) is 0 Å². The van der Waals surface area contributed by atoms with Crippen LogP contribution in [-0.4, -0.2) is 71.7 Å². The molecule has 0 aromatic heterocycles. The summed E-state index contributed by atoms with van der Waals surface area (Å²) in [6, 6.07) is -0.0325. The van der Waals surface area contributed by atoms with Crippen LogP contribution in [0.2, 0.25) is 0 Å². The van der Waals surface area contributed by atoms with Gasteiger partial charge in [-0.05, 0) is 62.4 Å². The van der Waals surface area contributed by atoms with Crippen molar-refractivity contribution in [3.05, 3.63) is 0 Å². The SMILES string of the molecule is CO[C@@]12C[C@]3(CC[C@@H]1O)CC(=O)C1C4C(CCN1C)CC(O)C(O2)C43. The van der Waals surface area contributed by atoms with Crippen LogP contribution in [0.3, 0.4) is 0 Å². The molecule has 3 aliphatic carbocycles. The van der Waals surface area contributed by atoms with Gasteiger partial charge in [0.05, 0.1) is 18.2 Å². The molecule has 1 spiro atoms. The average Bonchev–Trinajstić information content (AvgIpc) is 2.59. The molecule has 5 fully saturated rings. The van der Waals surface area contributed by atoms with Crippen molar-refractivity contribution in [2.24, 2.45) is 23.2 Å². The zero-order valence-electron chi connectivity index (χ0n) is 15.1. The van der Waals surface area contributed by atoms with Crippen LogP contribution in [0.5, 0.6) is 0 Å². The first-order chi connectivity index (χ1) is 11.9. The van der Waals surface area contributed by atoms with Crippen molar-refractivity contribution in [1.29, 1.82) is 0 Å². The molecule has 2 saturated heterocycles. The monoisotopic (exact) mass is 351 g/mol. The Bertz CT molecular complexity index is 598. The highest BCUT2D eigenvalue weighted by Crippen LogP contribution is 2.65. The number of carbonyl (C=O) groups is 1. The van der Waals surface area contributed by atoms with E-state index in [1.807, 2.05) is 0 Å². The topological polar surface area (TPSA) is 79.2 Å². The van der Waals surface area contributed by atoms with Crippen molar-refractivity contribution in [3.8, 4) is 0 Å². The van der Waals surface area contributed by atoms with E-state index in [-0.39, 0.29) is 29.4 Å². The van der Waals surface area contributed by atoms with E-state index < -0.39 is 18.0 Å². The minimum absolute atomic E-state index is 0.0325. The third-order valence-electron chi connectivity index (χ3n) is 8.19. The van der Waals surface area contributed by atoms with Gasteiger partial charge in [0.1, 0.15) is 6.10 Å². The van der Waals surface area contributed by atoms with Crippen LogP contribution in [0.25, 0.3) is 0 Å². The fourth-order valence-electron chi connectivity index (χ4n) is 7.24. The van der Waals surface area contributed by atoms with Gasteiger partial charge in [0.2, 0.25) is 0 Å². The summed E-state index contributed by atoms with van der Waals surface area (Å²) in [6.07, 6.45) is 2.66. The van der Waals surface area contributed by atoms with Gasteiger partial charge in [-0.15, -0.1) is 0 Å². The molecule has 0 radical (unpaired) electrons. The number of piperidine rings is 1. The second-order valence-corrected chi connectivity index (χ2v) is 9.22. The molecule has 2 N–H and O–H groups in total. The van der Waals surface area contributed by atoms with Gasteiger partial charge in [-0.1, -0.05) is 0 Å². The first-order valence-corrected chi connectivity index (χ1v) is 9.73. The summed E-state index contributed by atoms with van der Waals surface area (Å²) in [7, 11) is 3.63. The highest BCUT2D eigenvalue weighted by molar-refractivity contribution is 5.86. The fourth-order valence-corrected chi connectivity index (χ4v) is 7.24. The number of Topliss-reactive ketones (excluding diaryl/α,β-unsaturated/α-hetero) is 1. The number of carbonyl (C=O) groups excluding carboxylic acids is 1. The number of likely N-dealkylation sites (tertiary alicyclic amines) is 1. The molecule has 2 heterocycles. The predicted octanol–water partition coefficient (Wildman–Crippen LogP) is 0.549. The first kappa shape index (κ1) is 16.6. The number of likely N-dealkylation sites (N-methyl/N-ethyl adjacent to an activating group) is 1. The fraction of sp³-hybridized carbons (Fsp3) is 0.947. The summed E-state index contributed by atoms with van der Waals surface area (Å²) >= 11 is 0. The third kappa shape index (κ3) is 2.00. The number of ketones is 1. The Labute approximate surface area is 148 Å². The minimum Gasteiger partial charge on any atom is -0.390 e. The molecule has 6 unspecified atom stereocenters. The second kappa shape index (κ2) is 5.26. The van der Waals surface area contributed by atoms with E-state index in [9.17, 15) is 15.0 Å². The van der Waals surface area contributed by atoms with Gasteiger partial charge in [0, 0.05) is 20.0 Å². The normalized spacial score (nSPS) is 57.9. The standard InChI is InChI=1S/C19H29NO5/c1-20-6-4-10-7-11(21)17-15-14(10)16(20)12(22)8-18(15)5-3-13(23)19(9-18,24-2)25-17/h10-11,13-17,21,23H,3-9H2,1-2H3/t10?,11?,13-,14?,15?,16?,17?,18-,19+/m0/s1. The van der Waals surface area contributed by atoms with Gasteiger partial charge >= 0.3 is 0 Å². The number of aliphatic hydroxyl groups excluding tert-OH is 2. The molecule has 3 saturated carbocycles. The van der Waals surface area contributed by atoms with Crippen molar-refractivity contribution in [2.75, 3.05) is 20.7 Å². The Balaban J connectivity index is 1.63. The Kier molecular flexibility index (Phi) is 3.50. The summed E-state index contributed by atoms with van der Waals surface area (Å²) in [5, 5.41) is 21.5. The third-order valence-corrected chi connectivity index (χ3v) is 8.19. The number of ether oxygens (including phenoxy) is 2. The van der Waals surface area contributed by atoms with E-state index >= 15 is 0 Å². The van der Waals surface area contributed by atoms with Crippen molar-refractivity contribution in [2.45, 2.75) is 68.7 Å². The van der Waals surface area contributed by atoms with E-state index in [2.05, 4.69) is 11.9 Å². The number of nitrogens with zero attached hydrogens (tertiary/aromatic N) is 1. The summed E-state index contributed by atoms with van der Waals surface area (Å²) in [5.74, 6) is 0.109. The number of fused-ring (bicyclic) bond motifs is 1. The molecular formula is C19H29NO5. The highest BCUT2D eigenvalue weighted by Gasteiger charge is 2.70. The quantitative estimate of drug-likeness (QED) is 0.718. The van der Waals surface area contributed by atoms with Gasteiger partial charge in [0.15, 0.2) is 11.6 Å². The largest absolute Gasteiger partial charge is 0.390 e. The molecule has 0 aromatic carbocycles. The van der Waals surface area contributed by atoms with Crippen molar-refractivity contribution < 1.29 is 24.5 Å². The lowest BCUT2D eigenvalue weighted by atomic mass is 9.45. The molecule has 6 heteroatoms. The van der Waals surface area contributed by atoms with Crippen molar-refractivity contribution in [1.82, 2.24) is 4.90 Å². The van der Waals surface area contributed by atoms with E-state index in [0.29, 0.717) is 37.4 Å². The number of hydrogen-bond donors (Lipinski definition) is 2. The van der Waals surface area contributed by atoms with Crippen LogP contribution in [0, 0.1) is 23.2 Å². The van der Waals surface area contributed by atoms with Crippen LogP contribution in [0.4, 0.5) is 0 Å². The minimum atomic E-state index is -1.07. The van der Waals surface area contributed by atoms with E-state index in [4.69, 9.17) is 9.47 Å². The lowest BCUT2D eigenvalue weighted by molar-refractivity contribution is -0.388. The van der Waals surface area contributed by atoms with Gasteiger partial charge < -0.3 is 19.7 Å². The second-order valence-electron chi connectivity index (χ2n) is 9.22. The Morgan fingerprint density at radius 3 is 2.88 bits per heavy atom. The Hall–Kier alpha value is -0.530. The lowest BCUT2D eigenvalue weighted by Gasteiger charge is -2.68. The molecular weight excluding hydrogens is 322 g/mol. The van der Waals surface area contributed by atoms with Crippen LogP contribution in [0.1, 0.15) is 38.5 Å². The highest BCUT2D eigenvalue weighted by atomic mass is 16.7. The zero-order valence-corrected chi connectivity index (χ0v) is 15.1. The van der Waals surface area contributed by atoms with E-state index in [0.717, 1.165) is 19.4 Å². The molecule has 5 rings (SSSR count). The van der Waals surface area contributed by atoms with Crippen molar-refractivity contribution in [3.63, 3.8) is 0 Å². The maximum absolute atomic E-state index is 13.2. The average molecular weight is 351 g/mol. The van der Waals surface area contributed by atoms with E-state index in [1.54, 1.807) is 7.11 Å². The van der Waals surface area contributed by atoms with Gasteiger partial charge in [-0.25, -0.2) is 0 Å². The number of hydrogen-bond acceptors (Lipinski definition) is 6. The van der Waals surface area contributed by atoms with Crippen LogP contribution >= 0.6 is 0 Å². The van der Waals surface area contributed by atoms with Crippen LogP contribution in [0.15, 0.2) is 0 Å². The number of aliphatic hydroxyl groups is 2. The van der Waals surface area contributed by atoms with Gasteiger partial charge in [0.25, 0.3) is 0 Å². The molecule has 2 aliphatic heterocycles. The molecule has 5 aliphatic rings. The molecule has 0 aromatic rings. The molecule has 6 nitrogen and oxygen atoms in total. The Morgan fingerprint density at radius 2 is 2.12 bits per heavy atom.